The molecule has 0 aliphatic carbocycles. The molecule has 1 N–H and O–H groups in total. The van der Waals surface area contributed by atoms with Gasteiger partial charge >= 0.3 is 0 Å². The van der Waals surface area contributed by atoms with E-state index in [1.165, 1.54) is 16.7 Å². The zero-order chi connectivity index (χ0) is 14.4. The first-order valence-corrected chi connectivity index (χ1v) is 6.63. The van der Waals surface area contributed by atoms with Gasteiger partial charge in [0, 0.05) is 5.02 Å². The molecule has 0 aliphatic heterocycles. The van der Waals surface area contributed by atoms with Crippen LogP contribution in [0.5, 0.6) is 0 Å². The first kappa shape index (κ1) is 13.3. The Morgan fingerprint density at radius 1 is 1.20 bits per heavy atom. The van der Waals surface area contributed by atoms with Crippen LogP contribution >= 0.6 is 23.8 Å². The van der Waals surface area contributed by atoms with Crippen molar-refractivity contribution < 1.29 is 8.78 Å². The smallest absolute Gasteiger partial charge is 0.182 e. The Morgan fingerprint density at radius 3 is 2.70 bits per heavy atom. The molecule has 3 aromatic rings. The van der Waals surface area contributed by atoms with Crippen LogP contribution < -0.4 is 0 Å². The van der Waals surface area contributed by atoms with Crippen LogP contribution in [0.4, 0.5) is 8.78 Å². The molecule has 3 rings (SSSR count). The fourth-order valence-electron chi connectivity index (χ4n) is 2.15. The SMILES string of the molecule is Cc1ccc(F)c(-n2c(=S)[nH]c3cc(Cl)ccc32)c1F. The minimum Gasteiger partial charge on any atom is -0.330 e. The number of fused-ring (bicyclic) bond motifs is 1. The van der Waals surface area contributed by atoms with E-state index < -0.39 is 11.6 Å². The van der Waals surface area contributed by atoms with Crippen molar-refractivity contribution in [2.75, 3.05) is 0 Å². The minimum atomic E-state index is -0.667. The third kappa shape index (κ3) is 1.94. The van der Waals surface area contributed by atoms with Gasteiger partial charge in [0.05, 0.1) is 11.0 Å². The highest BCUT2D eigenvalue weighted by Gasteiger charge is 2.17. The average molecular weight is 311 g/mol. The molecule has 0 spiro atoms. The summed E-state index contributed by atoms with van der Waals surface area (Å²) in [4.78, 5) is 2.90. The second-order valence-corrected chi connectivity index (χ2v) is 5.28. The molecule has 2 nitrogen and oxygen atoms in total. The molecule has 0 aliphatic rings. The predicted octanol–water partition coefficient (Wildman–Crippen LogP) is 4.93. The first-order valence-electron chi connectivity index (χ1n) is 5.84. The highest BCUT2D eigenvalue weighted by Crippen LogP contribution is 2.27. The van der Waals surface area contributed by atoms with Gasteiger partial charge in [0.1, 0.15) is 11.5 Å². The van der Waals surface area contributed by atoms with Crippen molar-refractivity contribution in [1.29, 1.82) is 0 Å². The van der Waals surface area contributed by atoms with E-state index >= 15 is 0 Å². The van der Waals surface area contributed by atoms with Gasteiger partial charge in [-0.3, -0.25) is 4.57 Å². The largest absolute Gasteiger partial charge is 0.330 e. The number of halogens is 3. The molecular formula is C14H9ClF2N2S. The first-order chi connectivity index (χ1) is 9.49. The fraction of sp³-hybridized carbons (Fsp3) is 0.0714. The van der Waals surface area contributed by atoms with Gasteiger partial charge in [0.25, 0.3) is 0 Å². The molecule has 0 amide bonds. The number of nitrogens with zero attached hydrogens (tertiary/aromatic N) is 1. The maximum Gasteiger partial charge on any atom is 0.182 e. The lowest BCUT2D eigenvalue weighted by atomic mass is 10.2. The van der Waals surface area contributed by atoms with Gasteiger partial charge in [-0.25, -0.2) is 8.78 Å². The van der Waals surface area contributed by atoms with Gasteiger partial charge in [-0.2, -0.15) is 0 Å². The van der Waals surface area contributed by atoms with E-state index in [1.54, 1.807) is 25.1 Å². The monoisotopic (exact) mass is 310 g/mol. The highest BCUT2D eigenvalue weighted by atomic mass is 35.5. The van der Waals surface area contributed by atoms with E-state index in [0.717, 1.165) is 0 Å². The van der Waals surface area contributed by atoms with Gasteiger partial charge in [-0.15, -0.1) is 0 Å². The third-order valence-corrected chi connectivity index (χ3v) is 3.65. The van der Waals surface area contributed by atoms with Gasteiger partial charge < -0.3 is 4.98 Å². The average Bonchev–Trinajstić information content (AvgIpc) is 2.70. The molecule has 6 heteroatoms. The van der Waals surface area contributed by atoms with Crippen molar-refractivity contribution in [3.63, 3.8) is 0 Å². The van der Waals surface area contributed by atoms with Crippen LogP contribution in [-0.4, -0.2) is 9.55 Å². The summed E-state index contributed by atoms with van der Waals surface area (Å²) in [5, 5.41) is 0.520. The quantitative estimate of drug-likeness (QED) is 0.632. The number of hydrogen-bond acceptors (Lipinski definition) is 1. The van der Waals surface area contributed by atoms with E-state index in [0.29, 0.717) is 21.6 Å². The summed E-state index contributed by atoms with van der Waals surface area (Å²) in [6.07, 6.45) is 0. The lowest BCUT2D eigenvalue weighted by Gasteiger charge is -2.09. The minimum absolute atomic E-state index is 0.177. The maximum absolute atomic E-state index is 14.3. The maximum atomic E-state index is 14.3. The summed E-state index contributed by atoms with van der Waals surface area (Å²) in [6, 6.07) is 7.60. The predicted molar refractivity (Wildman–Crippen MR) is 78.1 cm³/mol. The van der Waals surface area contributed by atoms with E-state index in [2.05, 4.69) is 4.98 Å². The molecule has 0 saturated heterocycles. The summed E-state index contributed by atoms with van der Waals surface area (Å²) < 4.78 is 29.9. The van der Waals surface area contributed by atoms with Crippen LogP contribution in [0.25, 0.3) is 16.7 Å². The van der Waals surface area contributed by atoms with Crippen molar-refractivity contribution in [3.8, 4) is 5.69 Å². The molecule has 1 aromatic heterocycles. The number of hydrogen-bond donors (Lipinski definition) is 1. The normalized spacial score (nSPS) is 11.2. The van der Waals surface area contributed by atoms with E-state index in [4.69, 9.17) is 23.8 Å². The van der Waals surface area contributed by atoms with Crippen LogP contribution in [0.3, 0.4) is 0 Å². The van der Waals surface area contributed by atoms with E-state index in [1.807, 2.05) is 0 Å². The van der Waals surface area contributed by atoms with Crippen molar-refractivity contribution in [1.82, 2.24) is 9.55 Å². The molecule has 0 fully saturated rings. The van der Waals surface area contributed by atoms with Crippen molar-refractivity contribution in [3.05, 3.63) is 57.3 Å². The number of imidazole rings is 1. The zero-order valence-electron chi connectivity index (χ0n) is 10.4. The van der Waals surface area contributed by atoms with Gasteiger partial charge in [0.2, 0.25) is 0 Å². The number of nitrogens with one attached hydrogen (secondary N) is 1. The number of rotatable bonds is 1. The molecule has 0 radical (unpaired) electrons. The third-order valence-electron chi connectivity index (χ3n) is 3.13. The molecule has 2 aromatic carbocycles. The van der Waals surface area contributed by atoms with Gasteiger partial charge in [-0.05, 0) is 49.0 Å². The molecule has 0 unspecified atom stereocenters. The molecule has 0 bridgehead atoms. The molecule has 102 valence electrons. The van der Waals surface area contributed by atoms with Crippen LogP contribution in [0.1, 0.15) is 5.56 Å². The lowest BCUT2D eigenvalue weighted by Crippen LogP contribution is -2.03. The van der Waals surface area contributed by atoms with Crippen LogP contribution in [-0.2, 0) is 0 Å². The van der Waals surface area contributed by atoms with Crippen LogP contribution in [0.15, 0.2) is 30.3 Å². The number of H-pyrrole nitrogens is 1. The second kappa shape index (κ2) is 4.68. The fourth-order valence-corrected chi connectivity index (χ4v) is 2.62. The topological polar surface area (TPSA) is 20.7 Å². The number of aromatic amines is 1. The van der Waals surface area contributed by atoms with Gasteiger partial charge in [-0.1, -0.05) is 17.7 Å². The Bertz CT molecular complexity index is 883. The standard InChI is InChI=1S/C14H9ClF2N2S/c1-7-2-4-9(16)13(12(7)17)19-11-5-3-8(15)6-10(11)18-14(19)20/h2-6H,1H3,(H,18,20). The second-order valence-electron chi connectivity index (χ2n) is 4.45. The molecule has 1 heterocycles. The van der Waals surface area contributed by atoms with Crippen molar-refractivity contribution >= 4 is 34.9 Å². The van der Waals surface area contributed by atoms with Crippen LogP contribution in [0.2, 0.25) is 5.02 Å². The van der Waals surface area contributed by atoms with Crippen LogP contribution in [0, 0.1) is 23.3 Å². The Hall–Kier alpha value is -1.72. The molecule has 0 atom stereocenters. The summed E-state index contributed by atoms with van der Waals surface area (Å²) in [5.74, 6) is -1.29. The summed E-state index contributed by atoms with van der Waals surface area (Å²) in [7, 11) is 0. The molecule has 20 heavy (non-hydrogen) atoms. The Morgan fingerprint density at radius 2 is 1.95 bits per heavy atom. The van der Waals surface area contributed by atoms with E-state index in [-0.39, 0.29) is 10.5 Å². The van der Waals surface area contributed by atoms with E-state index in [9.17, 15) is 8.78 Å². The van der Waals surface area contributed by atoms with Crippen molar-refractivity contribution in [2.24, 2.45) is 0 Å². The Kier molecular flexibility index (Phi) is 3.11. The summed E-state index contributed by atoms with van der Waals surface area (Å²) in [6.45, 7) is 1.58. The lowest BCUT2D eigenvalue weighted by molar-refractivity contribution is 0.564. The Labute approximate surface area is 123 Å². The zero-order valence-corrected chi connectivity index (χ0v) is 11.9. The highest BCUT2D eigenvalue weighted by molar-refractivity contribution is 7.71. The molecular weight excluding hydrogens is 302 g/mol. The molecule has 0 saturated carbocycles. The Balaban J connectivity index is 2.44. The summed E-state index contributed by atoms with van der Waals surface area (Å²) >= 11 is 11.1. The number of benzene rings is 2. The summed E-state index contributed by atoms with van der Waals surface area (Å²) in [5.41, 5.74) is 1.38. The number of aryl methyl sites for hydroxylation is 1. The van der Waals surface area contributed by atoms with Crippen molar-refractivity contribution in [2.45, 2.75) is 6.92 Å². The number of aromatic nitrogens is 2. The van der Waals surface area contributed by atoms with Gasteiger partial charge in [0.15, 0.2) is 10.6 Å².